The molecule has 144 valence electrons. The third-order valence-corrected chi connectivity index (χ3v) is 4.87. The van der Waals surface area contributed by atoms with Crippen molar-refractivity contribution in [3.8, 4) is 12.1 Å². The van der Waals surface area contributed by atoms with Crippen LogP contribution in [0.25, 0.3) is 0 Å². The highest BCUT2D eigenvalue weighted by Crippen LogP contribution is 2.13. The Bertz CT molecular complexity index is 326. The van der Waals surface area contributed by atoms with Gasteiger partial charge in [0, 0.05) is 6.54 Å². The first-order valence-corrected chi connectivity index (χ1v) is 10.8. The molecule has 0 saturated heterocycles. The SMILES string of the molecule is CCCCCCCCCCCCCCCCCCNCC(C#N)C#N. The van der Waals surface area contributed by atoms with E-state index in [1.807, 2.05) is 12.1 Å². The molecule has 0 aliphatic heterocycles. The molecule has 0 atom stereocenters. The predicted octanol–water partition coefficient (Wildman–Crippen LogP) is 6.50. The van der Waals surface area contributed by atoms with Gasteiger partial charge in [0.2, 0.25) is 0 Å². The molecular formula is C22H41N3. The van der Waals surface area contributed by atoms with E-state index in [1.165, 1.54) is 96.3 Å². The van der Waals surface area contributed by atoms with Crippen LogP contribution in [0.2, 0.25) is 0 Å². The summed E-state index contributed by atoms with van der Waals surface area (Å²) in [5.74, 6) is -0.499. The van der Waals surface area contributed by atoms with Crippen LogP contribution in [0.5, 0.6) is 0 Å². The fourth-order valence-electron chi connectivity index (χ4n) is 3.16. The van der Waals surface area contributed by atoms with E-state index < -0.39 is 5.92 Å². The first kappa shape index (κ1) is 23.9. The van der Waals surface area contributed by atoms with Crippen molar-refractivity contribution in [1.82, 2.24) is 5.32 Å². The van der Waals surface area contributed by atoms with Crippen molar-refractivity contribution in [2.75, 3.05) is 13.1 Å². The third kappa shape index (κ3) is 19.1. The number of rotatable bonds is 19. The zero-order valence-corrected chi connectivity index (χ0v) is 16.7. The Hall–Kier alpha value is -1.06. The zero-order valence-electron chi connectivity index (χ0n) is 16.7. The van der Waals surface area contributed by atoms with Crippen LogP contribution in [0.15, 0.2) is 0 Å². The van der Waals surface area contributed by atoms with Gasteiger partial charge in [-0.2, -0.15) is 10.5 Å². The summed E-state index contributed by atoms with van der Waals surface area (Å²) in [6.45, 7) is 3.71. The molecule has 0 saturated carbocycles. The molecule has 0 rings (SSSR count). The van der Waals surface area contributed by atoms with Crippen molar-refractivity contribution in [1.29, 1.82) is 10.5 Å². The van der Waals surface area contributed by atoms with Crippen molar-refractivity contribution in [2.24, 2.45) is 5.92 Å². The van der Waals surface area contributed by atoms with Gasteiger partial charge in [-0.15, -0.1) is 0 Å². The maximum absolute atomic E-state index is 8.66. The largest absolute Gasteiger partial charge is 0.314 e. The van der Waals surface area contributed by atoms with Gasteiger partial charge in [0.05, 0.1) is 12.1 Å². The molecule has 0 aromatic rings. The van der Waals surface area contributed by atoms with Gasteiger partial charge in [0.1, 0.15) is 5.92 Å². The summed E-state index contributed by atoms with van der Waals surface area (Å²) in [7, 11) is 0. The topological polar surface area (TPSA) is 59.6 Å². The van der Waals surface area contributed by atoms with Gasteiger partial charge >= 0.3 is 0 Å². The van der Waals surface area contributed by atoms with Crippen molar-refractivity contribution >= 4 is 0 Å². The highest BCUT2D eigenvalue weighted by Gasteiger charge is 2.02. The lowest BCUT2D eigenvalue weighted by atomic mass is 10.0. The van der Waals surface area contributed by atoms with Gasteiger partial charge < -0.3 is 5.32 Å². The van der Waals surface area contributed by atoms with E-state index in [9.17, 15) is 0 Å². The fraction of sp³-hybridized carbons (Fsp3) is 0.909. The normalized spacial score (nSPS) is 10.7. The Morgan fingerprint density at radius 2 is 0.960 bits per heavy atom. The summed E-state index contributed by atoms with van der Waals surface area (Å²) in [6.07, 6.45) is 22.1. The molecule has 0 unspecified atom stereocenters. The Balaban J connectivity index is 3.05. The van der Waals surface area contributed by atoms with Crippen LogP contribution >= 0.6 is 0 Å². The average Bonchev–Trinajstić information content (AvgIpc) is 2.64. The van der Waals surface area contributed by atoms with Crippen molar-refractivity contribution in [3.63, 3.8) is 0 Å². The van der Waals surface area contributed by atoms with Gasteiger partial charge in [0.25, 0.3) is 0 Å². The zero-order chi connectivity index (χ0) is 18.4. The van der Waals surface area contributed by atoms with Gasteiger partial charge in [-0.25, -0.2) is 0 Å². The average molecular weight is 348 g/mol. The minimum Gasteiger partial charge on any atom is -0.314 e. The maximum atomic E-state index is 8.66. The fourth-order valence-corrected chi connectivity index (χ4v) is 3.16. The van der Waals surface area contributed by atoms with E-state index in [0.29, 0.717) is 6.54 Å². The quantitative estimate of drug-likeness (QED) is 0.271. The highest BCUT2D eigenvalue weighted by atomic mass is 14.8. The molecule has 3 heteroatoms. The lowest BCUT2D eigenvalue weighted by molar-refractivity contribution is 0.524. The number of nitrogens with one attached hydrogen (secondary N) is 1. The predicted molar refractivity (Wildman–Crippen MR) is 107 cm³/mol. The molecule has 0 bridgehead atoms. The van der Waals surface area contributed by atoms with Crippen LogP contribution in [-0.2, 0) is 0 Å². The van der Waals surface area contributed by atoms with Gasteiger partial charge in [-0.1, -0.05) is 103 Å². The minimum atomic E-state index is -0.499. The number of unbranched alkanes of at least 4 members (excludes halogenated alkanes) is 15. The van der Waals surface area contributed by atoms with Crippen LogP contribution in [-0.4, -0.2) is 13.1 Å². The lowest BCUT2D eigenvalue weighted by Crippen LogP contribution is -2.22. The summed E-state index contributed by atoms with van der Waals surface area (Å²) in [5.41, 5.74) is 0. The Morgan fingerprint density at radius 3 is 1.32 bits per heavy atom. The number of hydrogen-bond donors (Lipinski definition) is 1. The molecular weight excluding hydrogens is 306 g/mol. The van der Waals surface area contributed by atoms with Crippen LogP contribution in [0.1, 0.15) is 110 Å². The Kier molecular flexibility index (Phi) is 20.1. The molecule has 0 aliphatic carbocycles. The molecule has 0 aromatic carbocycles. The molecule has 0 radical (unpaired) electrons. The summed E-state index contributed by atoms with van der Waals surface area (Å²) in [6, 6.07) is 3.97. The smallest absolute Gasteiger partial charge is 0.145 e. The number of hydrogen-bond acceptors (Lipinski definition) is 3. The molecule has 0 fully saturated rings. The second-order valence-corrected chi connectivity index (χ2v) is 7.32. The van der Waals surface area contributed by atoms with Gasteiger partial charge in [-0.05, 0) is 13.0 Å². The van der Waals surface area contributed by atoms with E-state index in [4.69, 9.17) is 10.5 Å². The second-order valence-electron chi connectivity index (χ2n) is 7.32. The molecule has 0 aliphatic rings. The van der Waals surface area contributed by atoms with Crippen molar-refractivity contribution in [2.45, 2.75) is 110 Å². The molecule has 25 heavy (non-hydrogen) atoms. The second kappa shape index (κ2) is 21.0. The van der Waals surface area contributed by atoms with Crippen LogP contribution in [0.4, 0.5) is 0 Å². The molecule has 0 amide bonds. The highest BCUT2D eigenvalue weighted by molar-refractivity contribution is 4.99. The van der Waals surface area contributed by atoms with Crippen LogP contribution in [0.3, 0.4) is 0 Å². The molecule has 0 spiro atoms. The summed E-state index contributed by atoms with van der Waals surface area (Å²) in [5, 5.41) is 20.5. The Morgan fingerprint density at radius 1 is 0.600 bits per heavy atom. The third-order valence-electron chi connectivity index (χ3n) is 4.87. The number of nitrogens with zero attached hydrogens (tertiary/aromatic N) is 2. The summed E-state index contributed by atoms with van der Waals surface area (Å²) >= 11 is 0. The minimum absolute atomic E-state index is 0.499. The molecule has 3 nitrogen and oxygen atoms in total. The summed E-state index contributed by atoms with van der Waals surface area (Å²) in [4.78, 5) is 0. The van der Waals surface area contributed by atoms with Crippen LogP contribution < -0.4 is 5.32 Å². The van der Waals surface area contributed by atoms with Crippen molar-refractivity contribution < 1.29 is 0 Å². The van der Waals surface area contributed by atoms with E-state index in [2.05, 4.69) is 12.2 Å². The molecule has 0 aromatic heterocycles. The van der Waals surface area contributed by atoms with E-state index in [-0.39, 0.29) is 0 Å². The van der Waals surface area contributed by atoms with Gasteiger partial charge in [0.15, 0.2) is 0 Å². The van der Waals surface area contributed by atoms with E-state index in [0.717, 1.165) is 13.0 Å². The van der Waals surface area contributed by atoms with E-state index in [1.54, 1.807) is 0 Å². The van der Waals surface area contributed by atoms with E-state index >= 15 is 0 Å². The maximum Gasteiger partial charge on any atom is 0.145 e. The molecule has 1 N–H and O–H groups in total. The first-order valence-electron chi connectivity index (χ1n) is 10.8. The molecule has 0 heterocycles. The monoisotopic (exact) mass is 347 g/mol. The number of nitriles is 2. The van der Waals surface area contributed by atoms with Crippen molar-refractivity contribution in [3.05, 3.63) is 0 Å². The van der Waals surface area contributed by atoms with Crippen LogP contribution in [0, 0.1) is 28.6 Å². The summed E-state index contributed by atoms with van der Waals surface area (Å²) < 4.78 is 0. The Labute approximate surface area is 157 Å². The standard InChI is InChI=1S/C22H41N3/c1-2-3-4-5-6-7-8-9-10-11-12-13-14-15-16-17-18-25-21-22(19-23)20-24/h22,25H,2-18,21H2,1H3. The lowest BCUT2D eigenvalue weighted by Gasteiger charge is -2.05. The van der Waals surface area contributed by atoms with Gasteiger partial charge in [-0.3, -0.25) is 0 Å². The first-order chi connectivity index (χ1) is 12.3.